The monoisotopic (exact) mass is 329 g/mol. The summed E-state index contributed by atoms with van der Waals surface area (Å²) >= 11 is 0. The Labute approximate surface area is 138 Å². The van der Waals surface area contributed by atoms with Crippen molar-refractivity contribution in [2.75, 3.05) is 5.32 Å². The third-order valence-corrected chi connectivity index (χ3v) is 3.55. The minimum atomic E-state index is -0.427. The van der Waals surface area contributed by atoms with Gasteiger partial charge in [-0.05, 0) is 42.3 Å². The summed E-state index contributed by atoms with van der Waals surface area (Å²) in [6.07, 6.45) is 1.64. The summed E-state index contributed by atoms with van der Waals surface area (Å²) < 4.78 is 28.4. The Morgan fingerprint density at radius 1 is 1.12 bits per heavy atom. The van der Waals surface area contributed by atoms with Crippen molar-refractivity contribution < 1.29 is 13.6 Å². The molecule has 0 bridgehead atoms. The van der Waals surface area contributed by atoms with Crippen LogP contribution in [0.2, 0.25) is 0 Å². The van der Waals surface area contributed by atoms with Crippen molar-refractivity contribution in [1.29, 1.82) is 0 Å². The molecule has 0 spiro atoms. The molecular formula is C18H17F2N3O. The average molecular weight is 329 g/mol. The molecule has 0 saturated carbocycles. The lowest BCUT2D eigenvalue weighted by atomic mass is 10.1. The molecule has 0 aliphatic carbocycles. The second kappa shape index (κ2) is 6.39. The van der Waals surface area contributed by atoms with Crippen molar-refractivity contribution in [3.05, 3.63) is 54.2 Å². The topological polar surface area (TPSA) is 46.4 Å². The summed E-state index contributed by atoms with van der Waals surface area (Å²) in [5, 5.41) is 2.78. The SMILES string of the molecule is CC(C)CC(=O)Nc1nc2ccc(F)cn2c1-c1ccc(F)cc1. The Morgan fingerprint density at radius 2 is 1.79 bits per heavy atom. The zero-order valence-corrected chi connectivity index (χ0v) is 13.4. The number of nitrogens with zero attached hydrogens (tertiary/aromatic N) is 2. The lowest BCUT2D eigenvalue weighted by Gasteiger charge is -2.08. The summed E-state index contributed by atoms with van der Waals surface area (Å²) in [7, 11) is 0. The van der Waals surface area contributed by atoms with Gasteiger partial charge in [-0.15, -0.1) is 0 Å². The maximum absolute atomic E-state index is 13.6. The van der Waals surface area contributed by atoms with Crippen LogP contribution in [0.15, 0.2) is 42.6 Å². The molecule has 6 heteroatoms. The Bertz CT molecular complexity index is 885. The number of pyridine rings is 1. The Hall–Kier alpha value is -2.76. The van der Waals surface area contributed by atoms with E-state index in [1.165, 1.54) is 30.5 Å². The van der Waals surface area contributed by atoms with E-state index in [0.717, 1.165) is 0 Å². The molecule has 1 amide bonds. The number of fused-ring (bicyclic) bond motifs is 1. The van der Waals surface area contributed by atoms with Gasteiger partial charge in [0.1, 0.15) is 17.3 Å². The lowest BCUT2D eigenvalue weighted by Crippen LogP contribution is -2.14. The van der Waals surface area contributed by atoms with Crippen LogP contribution in [0.4, 0.5) is 14.6 Å². The fourth-order valence-electron chi connectivity index (χ4n) is 2.54. The fourth-order valence-corrected chi connectivity index (χ4v) is 2.54. The lowest BCUT2D eigenvalue weighted by molar-refractivity contribution is -0.116. The maximum Gasteiger partial charge on any atom is 0.225 e. The molecule has 0 saturated heterocycles. The number of carbonyl (C=O) groups excluding carboxylic acids is 1. The number of carbonyl (C=O) groups is 1. The van der Waals surface area contributed by atoms with Gasteiger partial charge in [-0.2, -0.15) is 0 Å². The summed E-state index contributed by atoms with van der Waals surface area (Å²) in [6, 6.07) is 8.60. The predicted molar refractivity (Wildman–Crippen MR) is 88.6 cm³/mol. The first kappa shape index (κ1) is 16.1. The molecule has 0 radical (unpaired) electrons. The van der Waals surface area contributed by atoms with Gasteiger partial charge in [0.05, 0.1) is 5.69 Å². The highest BCUT2D eigenvalue weighted by Crippen LogP contribution is 2.29. The first-order valence-electron chi connectivity index (χ1n) is 7.67. The van der Waals surface area contributed by atoms with Crippen LogP contribution in [0.25, 0.3) is 16.9 Å². The first-order chi connectivity index (χ1) is 11.4. The second-order valence-electron chi connectivity index (χ2n) is 6.04. The van der Waals surface area contributed by atoms with Gasteiger partial charge in [-0.3, -0.25) is 9.20 Å². The summed E-state index contributed by atoms with van der Waals surface area (Å²) in [5.41, 5.74) is 1.64. The molecule has 24 heavy (non-hydrogen) atoms. The zero-order valence-electron chi connectivity index (χ0n) is 13.4. The smallest absolute Gasteiger partial charge is 0.225 e. The van der Waals surface area contributed by atoms with Gasteiger partial charge in [0.15, 0.2) is 5.82 Å². The highest BCUT2D eigenvalue weighted by Gasteiger charge is 2.17. The second-order valence-corrected chi connectivity index (χ2v) is 6.04. The summed E-state index contributed by atoms with van der Waals surface area (Å²) in [4.78, 5) is 16.5. The highest BCUT2D eigenvalue weighted by atomic mass is 19.1. The van der Waals surface area contributed by atoms with Crippen LogP contribution in [0.5, 0.6) is 0 Å². The largest absolute Gasteiger partial charge is 0.309 e. The highest BCUT2D eigenvalue weighted by molar-refractivity contribution is 5.94. The number of amides is 1. The molecule has 3 aromatic rings. The molecule has 3 rings (SSSR count). The van der Waals surface area contributed by atoms with Gasteiger partial charge < -0.3 is 5.32 Å². The molecule has 2 heterocycles. The molecule has 1 N–H and O–H groups in total. The first-order valence-corrected chi connectivity index (χ1v) is 7.67. The minimum absolute atomic E-state index is 0.169. The average Bonchev–Trinajstić information content (AvgIpc) is 2.84. The van der Waals surface area contributed by atoms with E-state index >= 15 is 0 Å². The van der Waals surface area contributed by atoms with Crippen LogP contribution in [-0.4, -0.2) is 15.3 Å². The number of rotatable bonds is 4. The minimum Gasteiger partial charge on any atom is -0.309 e. The number of aromatic nitrogens is 2. The Kier molecular flexibility index (Phi) is 4.29. The number of imidazole rings is 1. The zero-order chi connectivity index (χ0) is 17.3. The molecule has 0 unspecified atom stereocenters. The summed E-state index contributed by atoms with van der Waals surface area (Å²) in [5.74, 6) is -0.434. The van der Waals surface area contributed by atoms with Gasteiger partial charge >= 0.3 is 0 Å². The van der Waals surface area contributed by atoms with Gasteiger partial charge in [-0.25, -0.2) is 13.8 Å². The van der Waals surface area contributed by atoms with Gasteiger partial charge in [0, 0.05) is 18.2 Å². The fraction of sp³-hybridized carbons (Fsp3) is 0.222. The normalized spacial score (nSPS) is 11.2. The molecule has 4 nitrogen and oxygen atoms in total. The third-order valence-electron chi connectivity index (χ3n) is 3.55. The quantitative estimate of drug-likeness (QED) is 0.777. The predicted octanol–water partition coefficient (Wildman–Crippen LogP) is 4.26. The number of nitrogens with one attached hydrogen (secondary N) is 1. The van der Waals surface area contributed by atoms with E-state index in [0.29, 0.717) is 29.1 Å². The standard InChI is InChI=1S/C18H17F2N3O/c1-11(2)9-16(24)22-18-17(12-3-5-13(19)6-4-12)23-10-14(20)7-8-15(23)21-18/h3-8,10-11H,9H2,1-2H3,(H,22,24). The van der Waals surface area contributed by atoms with Crippen LogP contribution in [0.1, 0.15) is 20.3 Å². The van der Waals surface area contributed by atoms with Crippen LogP contribution in [-0.2, 0) is 4.79 Å². The van der Waals surface area contributed by atoms with Crippen molar-refractivity contribution in [3.8, 4) is 11.3 Å². The molecule has 0 atom stereocenters. The van der Waals surface area contributed by atoms with E-state index in [-0.39, 0.29) is 17.6 Å². The molecule has 1 aromatic carbocycles. The number of hydrogen-bond acceptors (Lipinski definition) is 2. The van der Waals surface area contributed by atoms with Crippen LogP contribution >= 0.6 is 0 Å². The number of anilines is 1. The van der Waals surface area contributed by atoms with E-state index in [1.54, 1.807) is 16.5 Å². The van der Waals surface area contributed by atoms with E-state index < -0.39 is 5.82 Å². The maximum atomic E-state index is 13.6. The molecule has 0 aliphatic rings. The molecule has 2 aromatic heterocycles. The van der Waals surface area contributed by atoms with Crippen molar-refractivity contribution in [2.24, 2.45) is 5.92 Å². The van der Waals surface area contributed by atoms with Gasteiger partial charge in [-0.1, -0.05) is 13.8 Å². The van der Waals surface area contributed by atoms with Gasteiger partial charge in [0.25, 0.3) is 0 Å². The molecule has 124 valence electrons. The molecule has 0 aliphatic heterocycles. The molecule has 0 fully saturated rings. The van der Waals surface area contributed by atoms with Crippen molar-refractivity contribution >= 4 is 17.4 Å². The van der Waals surface area contributed by atoms with Crippen molar-refractivity contribution in [3.63, 3.8) is 0 Å². The van der Waals surface area contributed by atoms with Crippen LogP contribution in [0, 0.1) is 17.6 Å². The third kappa shape index (κ3) is 3.27. The van der Waals surface area contributed by atoms with E-state index in [4.69, 9.17) is 0 Å². The number of halogens is 2. The summed E-state index contributed by atoms with van der Waals surface area (Å²) in [6.45, 7) is 3.89. The Balaban J connectivity index is 2.12. The van der Waals surface area contributed by atoms with E-state index in [9.17, 15) is 13.6 Å². The van der Waals surface area contributed by atoms with Crippen molar-refractivity contribution in [2.45, 2.75) is 20.3 Å². The van der Waals surface area contributed by atoms with Crippen LogP contribution < -0.4 is 5.32 Å². The number of hydrogen-bond donors (Lipinski definition) is 1. The Morgan fingerprint density at radius 3 is 2.46 bits per heavy atom. The van der Waals surface area contributed by atoms with Crippen molar-refractivity contribution in [1.82, 2.24) is 9.38 Å². The van der Waals surface area contributed by atoms with E-state index in [1.807, 2.05) is 13.8 Å². The van der Waals surface area contributed by atoms with E-state index in [2.05, 4.69) is 10.3 Å². The van der Waals surface area contributed by atoms with Crippen LogP contribution in [0.3, 0.4) is 0 Å². The number of benzene rings is 1. The van der Waals surface area contributed by atoms with Gasteiger partial charge in [0.2, 0.25) is 5.91 Å². The molecular weight excluding hydrogens is 312 g/mol.